The summed E-state index contributed by atoms with van der Waals surface area (Å²) in [5.74, 6) is -0.396. The van der Waals surface area contributed by atoms with E-state index in [1.54, 1.807) is 18.5 Å². The van der Waals surface area contributed by atoms with Crippen LogP contribution in [0.3, 0.4) is 0 Å². The summed E-state index contributed by atoms with van der Waals surface area (Å²) in [5.41, 5.74) is 0.997. The molecule has 1 atom stereocenters. The zero-order valence-electron chi connectivity index (χ0n) is 12.1. The SMILES string of the molecule is CCOC(=O)c1bn(COCC[Si](C)(C)C)c(P)n1. The maximum absolute atomic E-state index is 11.5. The van der Waals surface area contributed by atoms with Gasteiger partial charge in [-0.15, -0.1) is 0 Å². The molecule has 0 saturated heterocycles. The van der Waals surface area contributed by atoms with E-state index in [4.69, 9.17) is 9.47 Å². The normalized spacial score (nSPS) is 11.4. The van der Waals surface area contributed by atoms with E-state index in [1.807, 2.05) is 0 Å². The second-order valence-corrected chi connectivity index (χ2v) is 11.7. The molecule has 0 saturated carbocycles. The third kappa shape index (κ3) is 5.97. The molecule has 106 valence electrons. The van der Waals surface area contributed by atoms with E-state index in [9.17, 15) is 4.79 Å². The van der Waals surface area contributed by atoms with Crippen molar-refractivity contribution in [2.45, 2.75) is 39.3 Å². The van der Waals surface area contributed by atoms with Crippen LogP contribution in [0.25, 0.3) is 0 Å². The van der Waals surface area contributed by atoms with Gasteiger partial charge in [-0.2, -0.15) is 0 Å². The molecule has 0 aromatic carbocycles. The van der Waals surface area contributed by atoms with Gasteiger partial charge < -0.3 is 0 Å². The molecule has 0 aliphatic heterocycles. The molecule has 1 rings (SSSR count). The van der Waals surface area contributed by atoms with Crippen LogP contribution in [0.15, 0.2) is 0 Å². The molecule has 5 nitrogen and oxygen atoms in total. The minimum absolute atomic E-state index is 0.320. The Hall–Kier alpha value is -0.518. The third-order valence-electron chi connectivity index (χ3n) is 2.52. The van der Waals surface area contributed by atoms with E-state index < -0.39 is 14.0 Å². The number of carbonyl (C=O) groups is 1. The van der Waals surface area contributed by atoms with E-state index in [0.717, 1.165) is 12.7 Å². The van der Waals surface area contributed by atoms with Gasteiger partial charge in [0.05, 0.1) is 0 Å². The summed E-state index contributed by atoms with van der Waals surface area (Å²) in [6.45, 7) is 10.2. The molecular weight excluding hydrogens is 278 g/mol. The van der Waals surface area contributed by atoms with Crippen LogP contribution in [0.5, 0.6) is 0 Å². The van der Waals surface area contributed by atoms with Crippen molar-refractivity contribution >= 4 is 35.9 Å². The summed E-state index contributed by atoms with van der Waals surface area (Å²) in [6, 6.07) is 1.12. The fourth-order valence-electron chi connectivity index (χ4n) is 1.38. The molecule has 0 bridgehead atoms. The van der Waals surface area contributed by atoms with Gasteiger partial charge in [0.15, 0.2) is 0 Å². The van der Waals surface area contributed by atoms with Gasteiger partial charge in [0.2, 0.25) is 0 Å². The molecule has 1 aromatic rings. The van der Waals surface area contributed by atoms with Crippen LogP contribution in [-0.4, -0.2) is 43.8 Å². The summed E-state index contributed by atoms with van der Waals surface area (Å²) in [4.78, 5) is 15.7. The van der Waals surface area contributed by atoms with Gasteiger partial charge in [-0.3, -0.25) is 0 Å². The molecule has 0 aliphatic carbocycles. The third-order valence-corrected chi connectivity index (χ3v) is 4.68. The van der Waals surface area contributed by atoms with Crippen molar-refractivity contribution in [3.05, 3.63) is 5.59 Å². The molecule has 0 N–H and O–H groups in total. The topological polar surface area (TPSA) is 53.4 Å². The Morgan fingerprint density at radius 1 is 1.47 bits per heavy atom. The van der Waals surface area contributed by atoms with Crippen LogP contribution < -0.4 is 5.57 Å². The molecule has 0 radical (unpaired) electrons. The second-order valence-electron chi connectivity index (χ2n) is 5.52. The predicted molar refractivity (Wildman–Crippen MR) is 83.0 cm³/mol. The summed E-state index contributed by atoms with van der Waals surface area (Å²) in [7, 11) is 3.10. The van der Waals surface area contributed by atoms with E-state index >= 15 is 0 Å². The standard InChI is InChI=1S/C11H22BN2O3PSi/c1-5-17-10(15)9-12-14(11(18)13-9)8-16-6-7-19(2,3)4/h5-8,18H2,1-4H3. The molecule has 8 heteroatoms. The van der Waals surface area contributed by atoms with Crippen molar-refractivity contribution in [2.24, 2.45) is 0 Å². The number of esters is 1. The Labute approximate surface area is 118 Å². The quantitative estimate of drug-likeness (QED) is 0.329. The van der Waals surface area contributed by atoms with E-state index in [0.29, 0.717) is 24.5 Å². The zero-order valence-corrected chi connectivity index (χ0v) is 14.3. The first-order chi connectivity index (χ1) is 8.83. The summed E-state index contributed by atoms with van der Waals surface area (Å²) >= 11 is 0. The molecule has 0 amide bonds. The summed E-state index contributed by atoms with van der Waals surface area (Å²) in [5, 5.41) is 0. The van der Waals surface area contributed by atoms with Crippen molar-refractivity contribution < 1.29 is 14.3 Å². The van der Waals surface area contributed by atoms with Crippen molar-refractivity contribution in [3.63, 3.8) is 0 Å². The Balaban J connectivity index is 2.48. The second kappa shape index (κ2) is 7.31. The van der Waals surface area contributed by atoms with E-state index in [2.05, 4.69) is 33.9 Å². The minimum atomic E-state index is -1.06. The summed E-state index contributed by atoms with van der Waals surface area (Å²) in [6.07, 6.45) is 0. The number of hydrogen-bond donors (Lipinski definition) is 0. The molecule has 0 spiro atoms. The van der Waals surface area contributed by atoms with Gasteiger partial charge in [-0.25, -0.2) is 0 Å². The summed E-state index contributed by atoms with van der Waals surface area (Å²) < 4.78 is 12.3. The van der Waals surface area contributed by atoms with Gasteiger partial charge in [0.1, 0.15) is 0 Å². The van der Waals surface area contributed by atoms with Crippen LogP contribution in [0.2, 0.25) is 25.7 Å². The number of nitrogens with zero attached hydrogens (tertiary/aromatic N) is 2. The average Bonchev–Trinajstić information content (AvgIpc) is 2.66. The zero-order chi connectivity index (χ0) is 14.5. The molecule has 1 heterocycles. The molecule has 1 aromatic heterocycles. The molecule has 0 aliphatic rings. The first-order valence-electron chi connectivity index (χ1n) is 6.41. The van der Waals surface area contributed by atoms with Gasteiger partial charge in [-0.1, -0.05) is 0 Å². The molecule has 0 fully saturated rings. The van der Waals surface area contributed by atoms with Crippen molar-refractivity contribution in [3.8, 4) is 0 Å². The van der Waals surface area contributed by atoms with E-state index in [1.165, 1.54) is 0 Å². The van der Waals surface area contributed by atoms with Gasteiger partial charge in [-0.05, 0) is 0 Å². The van der Waals surface area contributed by atoms with Gasteiger partial charge in [0, 0.05) is 0 Å². The number of ether oxygens (including phenoxy) is 2. The number of rotatable bonds is 7. The van der Waals surface area contributed by atoms with Gasteiger partial charge >= 0.3 is 118 Å². The number of hydrogen-bond acceptors (Lipinski definition) is 4. The maximum atomic E-state index is 11.5. The van der Waals surface area contributed by atoms with Crippen molar-refractivity contribution in [1.29, 1.82) is 0 Å². The van der Waals surface area contributed by atoms with Crippen molar-refractivity contribution in [1.82, 2.24) is 9.46 Å². The van der Waals surface area contributed by atoms with Crippen LogP contribution in [0.1, 0.15) is 17.3 Å². The fourth-order valence-corrected chi connectivity index (χ4v) is 2.42. The van der Waals surface area contributed by atoms with Crippen LogP contribution >= 0.6 is 9.24 Å². The van der Waals surface area contributed by atoms with Crippen LogP contribution in [-0.2, 0) is 16.2 Å². The van der Waals surface area contributed by atoms with Crippen LogP contribution in [0, 0.1) is 0 Å². The first kappa shape index (κ1) is 16.5. The average molecular weight is 300 g/mol. The Bertz CT molecular complexity index is 434. The van der Waals surface area contributed by atoms with Gasteiger partial charge in [0.25, 0.3) is 0 Å². The van der Waals surface area contributed by atoms with Crippen molar-refractivity contribution in [2.75, 3.05) is 13.2 Å². The number of carbonyl (C=O) groups excluding carboxylic acids is 1. The molecule has 1 unspecified atom stereocenters. The number of aromatic nitrogens is 2. The predicted octanol–water partition coefficient (Wildman–Crippen LogP) is 1.21. The van der Waals surface area contributed by atoms with Crippen LogP contribution in [0.4, 0.5) is 0 Å². The Morgan fingerprint density at radius 3 is 2.74 bits per heavy atom. The Kier molecular flexibility index (Phi) is 6.37. The first-order valence-corrected chi connectivity index (χ1v) is 10.7. The Morgan fingerprint density at radius 2 is 2.16 bits per heavy atom. The van der Waals surface area contributed by atoms with E-state index in [-0.39, 0.29) is 0 Å². The monoisotopic (exact) mass is 300 g/mol. The fraction of sp³-hybridized carbons (Fsp3) is 0.727. The molecular formula is C11H22BN2O3PSi. The molecule has 19 heavy (non-hydrogen) atoms.